The number of aldehydes is 1. The third-order valence-electron chi connectivity index (χ3n) is 2.74. The van der Waals surface area contributed by atoms with Gasteiger partial charge in [-0.25, -0.2) is 4.68 Å². The lowest BCUT2D eigenvalue weighted by Gasteiger charge is -2.02. The van der Waals surface area contributed by atoms with Crippen molar-refractivity contribution in [2.24, 2.45) is 7.05 Å². The summed E-state index contributed by atoms with van der Waals surface area (Å²) in [5, 5.41) is 4.34. The van der Waals surface area contributed by atoms with Crippen molar-refractivity contribution in [2.45, 2.75) is 6.92 Å². The predicted octanol–water partition coefficient (Wildman–Crippen LogP) is 2.22. The Hall–Kier alpha value is -2.10. The second-order valence-corrected chi connectivity index (χ2v) is 3.83. The molecule has 0 bridgehead atoms. The summed E-state index contributed by atoms with van der Waals surface area (Å²) in [6.07, 6.45) is 0.785. The van der Waals surface area contributed by atoms with Gasteiger partial charge in [-0.3, -0.25) is 4.79 Å². The molecule has 2 aromatic rings. The summed E-state index contributed by atoms with van der Waals surface area (Å²) in [6, 6.07) is 7.83. The number of nitrogens with zero attached hydrogens (tertiary/aromatic N) is 2. The monoisotopic (exact) mass is 230 g/mol. The lowest BCUT2D eigenvalue weighted by molar-refractivity contribution is 0.112. The summed E-state index contributed by atoms with van der Waals surface area (Å²) in [5.74, 6) is 0.484. The van der Waals surface area contributed by atoms with Gasteiger partial charge in [0, 0.05) is 12.6 Å². The highest BCUT2D eigenvalue weighted by molar-refractivity contribution is 5.89. The number of benzene rings is 1. The van der Waals surface area contributed by atoms with Crippen molar-refractivity contribution in [3.8, 4) is 17.1 Å². The Morgan fingerprint density at radius 3 is 2.65 bits per heavy atom. The van der Waals surface area contributed by atoms with E-state index in [1.807, 2.05) is 31.2 Å². The Bertz CT molecular complexity index is 559. The summed E-state index contributed by atoms with van der Waals surface area (Å²) in [5.41, 5.74) is 3.19. The molecule has 0 saturated carbocycles. The maximum Gasteiger partial charge on any atom is 0.222 e. The summed E-state index contributed by atoms with van der Waals surface area (Å²) in [4.78, 5) is 11.2. The summed E-state index contributed by atoms with van der Waals surface area (Å²) in [7, 11) is 3.29. The molecule has 0 saturated heterocycles. The van der Waals surface area contributed by atoms with Gasteiger partial charge < -0.3 is 4.74 Å². The van der Waals surface area contributed by atoms with E-state index in [4.69, 9.17) is 4.74 Å². The fourth-order valence-corrected chi connectivity index (χ4v) is 1.91. The molecule has 17 heavy (non-hydrogen) atoms. The van der Waals surface area contributed by atoms with Crippen molar-refractivity contribution in [2.75, 3.05) is 7.11 Å². The Kier molecular flexibility index (Phi) is 2.95. The highest BCUT2D eigenvalue weighted by atomic mass is 16.5. The first-order chi connectivity index (χ1) is 8.19. The molecule has 0 spiro atoms. The van der Waals surface area contributed by atoms with Crippen LogP contribution in [0.5, 0.6) is 5.88 Å². The van der Waals surface area contributed by atoms with E-state index in [0.717, 1.165) is 17.4 Å². The van der Waals surface area contributed by atoms with Gasteiger partial charge in [0.25, 0.3) is 0 Å². The summed E-state index contributed by atoms with van der Waals surface area (Å²) < 4.78 is 6.75. The molecule has 0 aliphatic heterocycles. The molecule has 0 aliphatic rings. The van der Waals surface area contributed by atoms with Crippen molar-refractivity contribution in [1.82, 2.24) is 9.78 Å². The average molecular weight is 230 g/mol. The number of rotatable bonds is 3. The molecule has 0 amide bonds. The number of aromatic nitrogens is 2. The summed E-state index contributed by atoms with van der Waals surface area (Å²) in [6.45, 7) is 1.99. The van der Waals surface area contributed by atoms with E-state index in [-0.39, 0.29) is 0 Å². The van der Waals surface area contributed by atoms with E-state index < -0.39 is 0 Å². The molecule has 0 radical (unpaired) electrons. The van der Waals surface area contributed by atoms with E-state index >= 15 is 0 Å². The highest BCUT2D eigenvalue weighted by Gasteiger charge is 2.18. The topological polar surface area (TPSA) is 44.1 Å². The Balaban J connectivity index is 2.68. The van der Waals surface area contributed by atoms with Crippen LogP contribution in [0.1, 0.15) is 15.9 Å². The molecule has 0 unspecified atom stereocenters. The smallest absolute Gasteiger partial charge is 0.222 e. The van der Waals surface area contributed by atoms with Crippen molar-refractivity contribution >= 4 is 6.29 Å². The predicted molar refractivity (Wildman–Crippen MR) is 65.3 cm³/mol. The normalized spacial score (nSPS) is 10.3. The first kappa shape index (κ1) is 11.4. The van der Waals surface area contributed by atoms with Gasteiger partial charge in [-0.1, -0.05) is 24.3 Å². The van der Waals surface area contributed by atoms with Gasteiger partial charge in [-0.2, -0.15) is 5.10 Å². The number of ether oxygens (including phenoxy) is 1. The molecular weight excluding hydrogens is 216 g/mol. The lowest BCUT2D eigenvalue weighted by Crippen LogP contribution is -1.96. The number of aryl methyl sites for hydroxylation is 2. The van der Waals surface area contributed by atoms with Crippen LogP contribution in [-0.2, 0) is 7.05 Å². The Labute approximate surface area is 99.8 Å². The molecule has 1 heterocycles. The van der Waals surface area contributed by atoms with Gasteiger partial charge in [0.05, 0.1) is 7.11 Å². The number of carbonyl (C=O) groups excluding carboxylic acids is 1. The van der Waals surface area contributed by atoms with Crippen LogP contribution in [0.2, 0.25) is 0 Å². The first-order valence-electron chi connectivity index (χ1n) is 5.31. The largest absolute Gasteiger partial charge is 0.481 e. The lowest BCUT2D eigenvalue weighted by atomic mass is 10.0. The van der Waals surface area contributed by atoms with Crippen LogP contribution < -0.4 is 4.74 Å². The first-order valence-corrected chi connectivity index (χ1v) is 5.31. The van der Waals surface area contributed by atoms with E-state index in [0.29, 0.717) is 17.1 Å². The minimum Gasteiger partial charge on any atom is -0.481 e. The second-order valence-electron chi connectivity index (χ2n) is 3.83. The zero-order valence-electron chi connectivity index (χ0n) is 10.1. The molecule has 0 aliphatic carbocycles. The molecule has 1 aromatic heterocycles. The number of hydrogen-bond acceptors (Lipinski definition) is 3. The third-order valence-corrected chi connectivity index (χ3v) is 2.74. The van der Waals surface area contributed by atoms with E-state index in [9.17, 15) is 4.79 Å². The van der Waals surface area contributed by atoms with Crippen molar-refractivity contribution in [3.05, 3.63) is 35.4 Å². The zero-order chi connectivity index (χ0) is 12.4. The zero-order valence-corrected chi connectivity index (χ0v) is 10.1. The minimum atomic E-state index is 0.484. The highest BCUT2D eigenvalue weighted by Crippen LogP contribution is 2.30. The Morgan fingerprint density at radius 1 is 1.35 bits per heavy atom. The average Bonchev–Trinajstić information content (AvgIpc) is 2.65. The maximum absolute atomic E-state index is 11.2. The van der Waals surface area contributed by atoms with Gasteiger partial charge in [0.15, 0.2) is 6.29 Å². The van der Waals surface area contributed by atoms with Crippen LogP contribution in [0.4, 0.5) is 0 Å². The van der Waals surface area contributed by atoms with Gasteiger partial charge >= 0.3 is 0 Å². The molecule has 0 fully saturated rings. The maximum atomic E-state index is 11.2. The molecule has 0 N–H and O–H groups in total. The van der Waals surface area contributed by atoms with E-state index in [2.05, 4.69) is 5.10 Å². The van der Waals surface area contributed by atoms with Gasteiger partial charge in [0.2, 0.25) is 5.88 Å². The van der Waals surface area contributed by atoms with Crippen molar-refractivity contribution in [1.29, 1.82) is 0 Å². The van der Waals surface area contributed by atoms with Crippen LogP contribution >= 0.6 is 0 Å². The quantitative estimate of drug-likeness (QED) is 0.759. The summed E-state index contributed by atoms with van der Waals surface area (Å²) >= 11 is 0. The molecular formula is C13H14N2O2. The number of carbonyl (C=O) groups is 1. The van der Waals surface area contributed by atoms with Crippen LogP contribution in [0.25, 0.3) is 11.3 Å². The van der Waals surface area contributed by atoms with Crippen LogP contribution in [-0.4, -0.2) is 23.2 Å². The fourth-order valence-electron chi connectivity index (χ4n) is 1.91. The SMILES string of the molecule is COc1c(C=O)c(-c2ccccc2C)nn1C. The fraction of sp³-hybridized carbons (Fsp3) is 0.231. The van der Waals surface area contributed by atoms with Crippen LogP contribution in [0.3, 0.4) is 0 Å². The van der Waals surface area contributed by atoms with Gasteiger partial charge in [-0.05, 0) is 12.5 Å². The standard InChI is InChI=1S/C13H14N2O2/c1-9-6-4-5-7-10(9)12-11(8-16)13(17-3)15(2)14-12/h4-8H,1-3H3. The minimum absolute atomic E-state index is 0.484. The van der Waals surface area contributed by atoms with Gasteiger partial charge in [0.1, 0.15) is 11.3 Å². The van der Waals surface area contributed by atoms with Crippen LogP contribution in [0, 0.1) is 6.92 Å². The van der Waals surface area contributed by atoms with Gasteiger partial charge in [-0.15, -0.1) is 0 Å². The second kappa shape index (κ2) is 4.41. The number of hydrogen-bond donors (Lipinski definition) is 0. The Morgan fingerprint density at radius 2 is 2.06 bits per heavy atom. The van der Waals surface area contributed by atoms with E-state index in [1.165, 1.54) is 7.11 Å². The molecule has 0 atom stereocenters. The van der Waals surface area contributed by atoms with Crippen molar-refractivity contribution in [3.63, 3.8) is 0 Å². The molecule has 1 aromatic carbocycles. The molecule has 88 valence electrons. The number of methoxy groups -OCH3 is 1. The molecule has 4 heteroatoms. The molecule has 4 nitrogen and oxygen atoms in total. The third kappa shape index (κ3) is 1.82. The molecule has 2 rings (SSSR count). The van der Waals surface area contributed by atoms with Crippen LogP contribution in [0.15, 0.2) is 24.3 Å². The van der Waals surface area contributed by atoms with Crippen molar-refractivity contribution < 1.29 is 9.53 Å². The van der Waals surface area contributed by atoms with E-state index in [1.54, 1.807) is 11.7 Å².